The van der Waals surface area contributed by atoms with E-state index in [-0.39, 0.29) is 42.6 Å². The lowest BCUT2D eigenvalue weighted by Crippen LogP contribution is -2.50. The number of para-hydroxylation sites is 1. The van der Waals surface area contributed by atoms with Crippen LogP contribution in [0.3, 0.4) is 0 Å². The van der Waals surface area contributed by atoms with Crippen molar-refractivity contribution in [2.45, 2.75) is 63.4 Å². The van der Waals surface area contributed by atoms with Crippen molar-refractivity contribution in [3.8, 4) is 11.5 Å². The van der Waals surface area contributed by atoms with Crippen molar-refractivity contribution in [2.75, 3.05) is 63.6 Å². The van der Waals surface area contributed by atoms with E-state index in [2.05, 4.69) is 4.90 Å². The van der Waals surface area contributed by atoms with Crippen LogP contribution in [0, 0.1) is 0 Å². The fourth-order valence-electron chi connectivity index (χ4n) is 6.98. The highest BCUT2D eigenvalue weighted by molar-refractivity contribution is 7.89. The van der Waals surface area contributed by atoms with Crippen LogP contribution in [-0.4, -0.2) is 117 Å². The third-order valence-corrected chi connectivity index (χ3v) is 11.5. The number of amides is 2. The summed E-state index contributed by atoms with van der Waals surface area (Å²) in [6.45, 7) is 4.19. The third kappa shape index (κ3) is 7.27. The minimum atomic E-state index is -3.35. The number of hydrogen-bond acceptors (Lipinski definition) is 9. The number of benzene rings is 2. The summed E-state index contributed by atoms with van der Waals surface area (Å²) >= 11 is 0. The molecule has 0 bridgehead atoms. The fraction of sp³-hybridized carbons (Fsp3) is 0.576. The summed E-state index contributed by atoms with van der Waals surface area (Å²) < 4.78 is 44.6. The lowest BCUT2D eigenvalue weighted by Gasteiger charge is -2.40. The number of hydrogen-bond donors (Lipinski definition) is 1. The molecule has 1 atom stereocenters. The summed E-state index contributed by atoms with van der Waals surface area (Å²) in [7, 11) is -1.82. The van der Waals surface area contributed by atoms with E-state index in [4.69, 9.17) is 14.2 Å². The molecule has 0 aliphatic carbocycles. The van der Waals surface area contributed by atoms with Gasteiger partial charge in [-0.05, 0) is 63.3 Å². The van der Waals surface area contributed by atoms with E-state index in [1.807, 2.05) is 24.3 Å². The van der Waals surface area contributed by atoms with Gasteiger partial charge < -0.3 is 29.1 Å². The van der Waals surface area contributed by atoms with Crippen molar-refractivity contribution in [3.05, 3.63) is 53.6 Å². The number of cyclic esters (lactones) is 1. The number of ether oxygens (including phenoxy) is 3. The summed E-state index contributed by atoms with van der Waals surface area (Å²) in [5, 5.41) is 9.67. The Hall–Kier alpha value is -3.39. The Bertz CT molecular complexity index is 1500. The topological polar surface area (TPSA) is 129 Å². The Labute approximate surface area is 270 Å². The van der Waals surface area contributed by atoms with Crippen LogP contribution >= 0.6 is 0 Å². The molecular weight excluding hydrogens is 612 g/mol. The van der Waals surface area contributed by atoms with Gasteiger partial charge in [0, 0.05) is 56.9 Å². The minimum absolute atomic E-state index is 0.0537. The summed E-state index contributed by atoms with van der Waals surface area (Å²) in [6, 6.07) is 12.9. The van der Waals surface area contributed by atoms with Crippen LogP contribution in [0.25, 0.3) is 0 Å². The molecule has 2 aromatic carbocycles. The van der Waals surface area contributed by atoms with Crippen molar-refractivity contribution >= 4 is 27.7 Å². The van der Waals surface area contributed by atoms with Crippen LogP contribution in [0.15, 0.2) is 42.5 Å². The van der Waals surface area contributed by atoms with E-state index in [1.165, 1.54) is 7.11 Å². The lowest BCUT2D eigenvalue weighted by molar-refractivity contribution is 0.0705. The Morgan fingerprint density at radius 3 is 2.48 bits per heavy atom. The zero-order valence-corrected chi connectivity index (χ0v) is 27.2. The van der Waals surface area contributed by atoms with Crippen LogP contribution in [0.4, 0.5) is 10.5 Å². The second-order valence-corrected chi connectivity index (χ2v) is 14.7. The van der Waals surface area contributed by atoms with E-state index in [9.17, 15) is 23.1 Å². The standard InChI is InChI=1S/C33H44N4O8S/c1-43-31-21-28(45-27-12-18-36(19-13-27)46(41,42)20-4-14-34-15-11-26(38)22-34)7-8-29(31)32(39)35-16-9-25(10-17-35)37-30-6-3-2-5-24(30)23-44-33(37)40/h2-3,5-8,21,25-27,38H,4,9-20,22-23H2,1H3/t26-/m1/s1. The second-order valence-electron chi connectivity index (χ2n) is 12.6. The number of β-amino-alcohol motifs (C(OH)–C–C–N with tert-alkyl or cyclic N) is 1. The first-order chi connectivity index (χ1) is 22.2. The highest BCUT2D eigenvalue weighted by atomic mass is 32.2. The summed E-state index contributed by atoms with van der Waals surface area (Å²) in [4.78, 5) is 31.8. The van der Waals surface area contributed by atoms with Gasteiger partial charge in [-0.3, -0.25) is 9.69 Å². The van der Waals surface area contributed by atoms with Crippen LogP contribution < -0.4 is 14.4 Å². The molecule has 6 rings (SSSR count). The smallest absolute Gasteiger partial charge is 0.414 e. The van der Waals surface area contributed by atoms with Crippen LogP contribution in [-0.2, 0) is 21.4 Å². The molecule has 2 amide bonds. The van der Waals surface area contributed by atoms with E-state index >= 15 is 0 Å². The van der Waals surface area contributed by atoms with Crippen molar-refractivity contribution in [3.63, 3.8) is 0 Å². The molecule has 4 aliphatic heterocycles. The van der Waals surface area contributed by atoms with Crippen molar-refractivity contribution in [1.82, 2.24) is 14.1 Å². The number of rotatable bonds is 10. The first-order valence-corrected chi connectivity index (χ1v) is 17.9. The van der Waals surface area contributed by atoms with Crippen LogP contribution in [0.5, 0.6) is 11.5 Å². The number of likely N-dealkylation sites (tertiary alicyclic amines) is 2. The molecule has 0 saturated carbocycles. The molecule has 3 saturated heterocycles. The number of aliphatic hydroxyl groups excluding tert-OH is 1. The first kappa shape index (κ1) is 32.5. The predicted octanol–water partition coefficient (Wildman–Crippen LogP) is 3.09. The molecule has 46 heavy (non-hydrogen) atoms. The molecule has 0 spiro atoms. The average molecular weight is 657 g/mol. The quantitative estimate of drug-likeness (QED) is 0.410. The maximum absolute atomic E-state index is 13.5. The normalized spacial score (nSPS) is 22.0. The van der Waals surface area contributed by atoms with E-state index < -0.39 is 10.0 Å². The SMILES string of the molecule is COc1cc(OC2CCN(S(=O)(=O)CCCN3CC[C@@H](O)C3)CC2)ccc1C(=O)N1CCC(N2C(=O)OCc3ccccc32)CC1. The number of methoxy groups -OCH3 is 1. The zero-order valence-electron chi connectivity index (χ0n) is 26.4. The van der Waals surface area contributed by atoms with Crippen molar-refractivity contribution in [1.29, 1.82) is 0 Å². The molecule has 2 aromatic rings. The number of fused-ring (bicyclic) bond motifs is 1. The third-order valence-electron chi connectivity index (χ3n) is 9.54. The van der Waals surface area contributed by atoms with Gasteiger partial charge in [-0.25, -0.2) is 17.5 Å². The molecule has 4 heterocycles. The van der Waals surface area contributed by atoms with E-state index in [0.29, 0.717) is 88.4 Å². The largest absolute Gasteiger partial charge is 0.496 e. The molecular formula is C33H44N4O8S. The average Bonchev–Trinajstić information content (AvgIpc) is 3.49. The molecule has 0 unspecified atom stereocenters. The zero-order chi connectivity index (χ0) is 32.3. The van der Waals surface area contributed by atoms with Gasteiger partial charge in [-0.1, -0.05) is 18.2 Å². The molecule has 0 aromatic heterocycles. The lowest BCUT2D eigenvalue weighted by atomic mass is 10.00. The van der Waals surface area contributed by atoms with E-state index in [1.54, 1.807) is 32.3 Å². The Morgan fingerprint density at radius 2 is 1.76 bits per heavy atom. The van der Waals surface area contributed by atoms with Gasteiger partial charge in [-0.15, -0.1) is 0 Å². The maximum atomic E-state index is 13.5. The highest BCUT2D eigenvalue weighted by Gasteiger charge is 2.36. The molecule has 0 radical (unpaired) electrons. The number of nitrogens with zero attached hydrogens (tertiary/aromatic N) is 4. The van der Waals surface area contributed by atoms with Gasteiger partial charge in [-0.2, -0.15) is 0 Å². The first-order valence-electron chi connectivity index (χ1n) is 16.3. The van der Waals surface area contributed by atoms with Gasteiger partial charge in [0.15, 0.2) is 0 Å². The Balaban J connectivity index is 0.992. The summed E-state index contributed by atoms with van der Waals surface area (Å²) in [5.74, 6) is 0.962. The predicted molar refractivity (Wildman–Crippen MR) is 172 cm³/mol. The number of anilines is 1. The van der Waals surface area contributed by atoms with Crippen LogP contribution in [0.2, 0.25) is 0 Å². The van der Waals surface area contributed by atoms with Gasteiger partial charge in [0.25, 0.3) is 5.91 Å². The van der Waals surface area contributed by atoms with Gasteiger partial charge in [0.1, 0.15) is 24.2 Å². The van der Waals surface area contributed by atoms with Gasteiger partial charge >= 0.3 is 6.09 Å². The number of carbonyl (C=O) groups is 2. The second kappa shape index (κ2) is 14.2. The molecule has 1 N–H and O–H groups in total. The summed E-state index contributed by atoms with van der Waals surface area (Å²) in [6.07, 6.45) is 2.93. The Kier molecular flexibility index (Phi) is 10.0. The summed E-state index contributed by atoms with van der Waals surface area (Å²) in [5.41, 5.74) is 2.30. The van der Waals surface area contributed by atoms with Crippen LogP contribution in [0.1, 0.15) is 54.4 Å². The monoisotopic (exact) mass is 656 g/mol. The number of carbonyl (C=O) groups excluding carboxylic acids is 2. The molecule has 12 nitrogen and oxygen atoms in total. The molecule has 3 fully saturated rings. The van der Waals surface area contributed by atoms with Crippen molar-refractivity contribution in [2.24, 2.45) is 0 Å². The molecule has 4 aliphatic rings. The van der Waals surface area contributed by atoms with Crippen molar-refractivity contribution < 1.29 is 37.3 Å². The van der Waals surface area contributed by atoms with E-state index in [0.717, 1.165) is 24.2 Å². The maximum Gasteiger partial charge on any atom is 0.414 e. The number of sulfonamides is 1. The number of aliphatic hydroxyl groups is 1. The number of piperidine rings is 2. The highest BCUT2D eigenvalue weighted by Crippen LogP contribution is 2.33. The molecule has 250 valence electrons. The molecule has 13 heteroatoms. The van der Waals surface area contributed by atoms with Gasteiger partial charge in [0.2, 0.25) is 10.0 Å². The Morgan fingerprint density at radius 1 is 1.00 bits per heavy atom. The van der Waals surface area contributed by atoms with Gasteiger partial charge in [0.05, 0.1) is 30.2 Å². The fourth-order valence-corrected chi connectivity index (χ4v) is 8.49. The minimum Gasteiger partial charge on any atom is -0.496 e.